The van der Waals surface area contributed by atoms with E-state index in [4.69, 9.17) is 4.74 Å². The molecule has 1 aliphatic heterocycles. The molecule has 104 valence electrons. The summed E-state index contributed by atoms with van der Waals surface area (Å²) in [5.41, 5.74) is -0.381. The van der Waals surface area contributed by atoms with E-state index in [1.165, 1.54) is 10.9 Å². The van der Waals surface area contributed by atoms with E-state index < -0.39 is 10.8 Å². The first-order valence-corrected chi connectivity index (χ1v) is 6.01. The van der Waals surface area contributed by atoms with Gasteiger partial charge in [0, 0.05) is 20.1 Å². The van der Waals surface area contributed by atoms with Gasteiger partial charge in [-0.2, -0.15) is 5.10 Å². The molecule has 0 bridgehead atoms. The van der Waals surface area contributed by atoms with E-state index in [2.05, 4.69) is 5.10 Å². The molecule has 1 aromatic heterocycles. The van der Waals surface area contributed by atoms with Crippen LogP contribution in [0.2, 0.25) is 0 Å². The van der Waals surface area contributed by atoms with Crippen molar-refractivity contribution in [3.8, 4) is 0 Å². The lowest BCUT2D eigenvalue weighted by atomic mass is 10.2. The van der Waals surface area contributed by atoms with Crippen molar-refractivity contribution in [1.82, 2.24) is 14.7 Å². The van der Waals surface area contributed by atoms with Crippen LogP contribution >= 0.6 is 0 Å². The monoisotopic (exact) mass is 268 g/mol. The number of hydrogen-bond acceptors (Lipinski definition) is 5. The Hall–Kier alpha value is -1.96. The Morgan fingerprint density at radius 2 is 2.05 bits per heavy atom. The van der Waals surface area contributed by atoms with Gasteiger partial charge in [0.2, 0.25) is 5.69 Å². The number of amides is 1. The molecule has 0 radical (unpaired) electrons. The highest BCUT2D eigenvalue weighted by Gasteiger charge is 2.32. The summed E-state index contributed by atoms with van der Waals surface area (Å²) in [7, 11) is 1.55. The van der Waals surface area contributed by atoms with Crippen molar-refractivity contribution in [3.63, 3.8) is 0 Å². The minimum Gasteiger partial charge on any atom is -0.372 e. The fourth-order valence-corrected chi connectivity index (χ4v) is 2.26. The third-order valence-electron chi connectivity index (χ3n) is 2.92. The lowest BCUT2D eigenvalue weighted by Gasteiger charge is -2.34. The van der Waals surface area contributed by atoms with Crippen LogP contribution in [0.4, 0.5) is 5.69 Å². The van der Waals surface area contributed by atoms with Crippen LogP contribution in [0.3, 0.4) is 0 Å². The van der Waals surface area contributed by atoms with Gasteiger partial charge in [-0.1, -0.05) is 0 Å². The fraction of sp³-hybridized carbons (Fsp3) is 0.636. The third-order valence-corrected chi connectivity index (χ3v) is 2.92. The van der Waals surface area contributed by atoms with E-state index in [0.717, 1.165) is 0 Å². The number of rotatable bonds is 2. The molecular formula is C11H16N4O4. The molecule has 1 aromatic rings. The molecule has 0 spiro atoms. The highest BCUT2D eigenvalue weighted by Crippen LogP contribution is 2.20. The zero-order chi connectivity index (χ0) is 14.2. The Labute approximate surface area is 110 Å². The highest BCUT2D eigenvalue weighted by atomic mass is 16.6. The van der Waals surface area contributed by atoms with Crippen molar-refractivity contribution in [1.29, 1.82) is 0 Å². The average Bonchev–Trinajstić information content (AvgIpc) is 2.69. The number of aryl methyl sites for hydroxylation is 1. The largest absolute Gasteiger partial charge is 0.372 e. The molecule has 19 heavy (non-hydrogen) atoms. The van der Waals surface area contributed by atoms with Gasteiger partial charge in [0.1, 0.15) is 6.20 Å². The van der Waals surface area contributed by atoms with Gasteiger partial charge in [0.15, 0.2) is 0 Å². The first-order valence-electron chi connectivity index (χ1n) is 6.01. The maximum absolute atomic E-state index is 12.3. The first kappa shape index (κ1) is 13.5. The van der Waals surface area contributed by atoms with Crippen LogP contribution in [0.5, 0.6) is 0 Å². The van der Waals surface area contributed by atoms with Crippen molar-refractivity contribution in [3.05, 3.63) is 22.0 Å². The molecule has 1 saturated heterocycles. The third kappa shape index (κ3) is 2.73. The number of carbonyl (C=O) groups excluding carboxylic acids is 1. The van der Waals surface area contributed by atoms with Crippen LogP contribution < -0.4 is 0 Å². The molecule has 0 aliphatic carbocycles. The number of morpholine rings is 1. The van der Waals surface area contributed by atoms with Gasteiger partial charge in [-0.15, -0.1) is 0 Å². The molecule has 0 aromatic carbocycles. The molecular weight excluding hydrogens is 252 g/mol. The fourth-order valence-electron chi connectivity index (χ4n) is 2.26. The minimum atomic E-state index is -0.590. The summed E-state index contributed by atoms with van der Waals surface area (Å²) in [5.74, 6) is -0.422. The molecule has 8 nitrogen and oxygen atoms in total. The van der Waals surface area contributed by atoms with Crippen molar-refractivity contribution in [2.24, 2.45) is 7.05 Å². The molecule has 1 fully saturated rings. The van der Waals surface area contributed by atoms with Crippen molar-refractivity contribution >= 4 is 11.6 Å². The van der Waals surface area contributed by atoms with E-state index in [-0.39, 0.29) is 23.6 Å². The standard InChI is InChI=1S/C11H16N4O4/c1-7-4-14(5-8(2)19-7)11(16)10-9(15(17)18)6-13(3)12-10/h6-8H,4-5H2,1-3H3/t7-,8-/m1/s1. The second-order valence-electron chi connectivity index (χ2n) is 4.76. The zero-order valence-electron chi connectivity index (χ0n) is 11.1. The topological polar surface area (TPSA) is 90.5 Å². The molecule has 0 saturated carbocycles. The predicted molar refractivity (Wildman–Crippen MR) is 65.8 cm³/mol. The summed E-state index contributed by atoms with van der Waals surface area (Å²) in [6.45, 7) is 4.55. The molecule has 8 heteroatoms. The van der Waals surface area contributed by atoms with Crippen LogP contribution in [-0.2, 0) is 11.8 Å². The summed E-state index contributed by atoms with van der Waals surface area (Å²) in [4.78, 5) is 24.2. The van der Waals surface area contributed by atoms with E-state index in [0.29, 0.717) is 13.1 Å². The predicted octanol–water partition coefficient (Wildman–Crippen LogP) is 0.578. The number of nitrogens with zero attached hydrogens (tertiary/aromatic N) is 4. The second kappa shape index (κ2) is 4.96. The average molecular weight is 268 g/mol. The van der Waals surface area contributed by atoms with Gasteiger partial charge in [0.05, 0.1) is 17.1 Å². The van der Waals surface area contributed by atoms with E-state index in [1.807, 2.05) is 13.8 Å². The Morgan fingerprint density at radius 1 is 1.47 bits per heavy atom. The van der Waals surface area contributed by atoms with E-state index in [9.17, 15) is 14.9 Å². The van der Waals surface area contributed by atoms with Gasteiger partial charge >= 0.3 is 5.69 Å². The number of ether oxygens (including phenoxy) is 1. The molecule has 2 rings (SSSR count). The van der Waals surface area contributed by atoms with E-state index in [1.54, 1.807) is 11.9 Å². The normalized spacial score (nSPS) is 23.4. The van der Waals surface area contributed by atoms with Crippen LogP contribution in [0, 0.1) is 10.1 Å². The van der Waals surface area contributed by atoms with Crippen LogP contribution in [0.25, 0.3) is 0 Å². The molecule has 1 aliphatic rings. The van der Waals surface area contributed by atoms with Gasteiger partial charge in [-0.05, 0) is 13.8 Å². The Kier molecular flexibility index (Phi) is 3.52. The minimum absolute atomic E-state index is 0.0875. The molecule has 2 heterocycles. The maximum atomic E-state index is 12.3. The zero-order valence-corrected chi connectivity index (χ0v) is 11.1. The summed E-state index contributed by atoms with van der Waals surface area (Å²) in [5, 5.41) is 14.8. The SMILES string of the molecule is C[C@@H]1CN(C(=O)c2nn(C)cc2[N+](=O)[O-])C[C@@H](C)O1. The van der Waals surface area contributed by atoms with Gasteiger partial charge in [-0.3, -0.25) is 19.6 Å². The highest BCUT2D eigenvalue weighted by molar-refractivity contribution is 5.96. The number of nitro groups is 1. The van der Waals surface area contributed by atoms with Crippen LogP contribution in [0.15, 0.2) is 6.20 Å². The van der Waals surface area contributed by atoms with Crippen molar-refractivity contribution in [2.45, 2.75) is 26.1 Å². The van der Waals surface area contributed by atoms with E-state index >= 15 is 0 Å². The lowest BCUT2D eigenvalue weighted by molar-refractivity contribution is -0.385. The van der Waals surface area contributed by atoms with Gasteiger partial charge < -0.3 is 9.64 Å². The van der Waals surface area contributed by atoms with Crippen molar-refractivity contribution < 1.29 is 14.5 Å². The number of carbonyl (C=O) groups is 1. The second-order valence-corrected chi connectivity index (χ2v) is 4.76. The molecule has 1 amide bonds. The Bertz CT molecular complexity index is 503. The Balaban J connectivity index is 2.26. The summed E-state index contributed by atoms with van der Waals surface area (Å²) < 4.78 is 6.81. The summed E-state index contributed by atoms with van der Waals surface area (Å²) in [6.07, 6.45) is 1.06. The number of aromatic nitrogens is 2. The maximum Gasteiger partial charge on any atom is 0.320 e. The Morgan fingerprint density at radius 3 is 2.58 bits per heavy atom. The van der Waals surface area contributed by atoms with Crippen LogP contribution in [0.1, 0.15) is 24.3 Å². The molecule has 0 unspecified atom stereocenters. The van der Waals surface area contributed by atoms with Gasteiger partial charge in [-0.25, -0.2) is 0 Å². The molecule has 0 N–H and O–H groups in total. The van der Waals surface area contributed by atoms with Crippen LogP contribution in [-0.4, -0.2) is 50.8 Å². The summed E-state index contributed by atoms with van der Waals surface area (Å²) in [6, 6.07) is 0. The molecule has 2 atom stereocenters. The lowest BCUT2D eigenvalue weighted by Crippen LogP contribution is -2.48. The van der Waals surface area contributed by atoms with Gasteiger partial charge in [0.25, 0.3) is 5.91 Å². The van der Waals surface area contributed by atoms with Crippen molar-refractivity contribution in [2.75, 3.05) is 13.1 Å². The first-order chi connectivity index (χ1) is 8.88. The smallest absolute Gasteiger partial charge is 0.320 e. The number of hydrogen-bond donors (Lipinski definition) is 0. The summed E-state index contributed by atoms with van der Waals surface area (Å²) >= 11 is 0. The quantitative estimate of drug-likeness (QED) is 0.578.